The van der Waals surface area contributed by atoms with Gasteiger partial charge in [0.15, 0.2) is 6.61 Å². The summed E-state index contributed by atoms with van der Waals surface area (Å²) >= 11 is 1.54. The molecule has 0 fully saturated rings. The van der Waals surface area contributed by atoms with Gasteiger partial charge < -0.3 is 10.1 Å². The third kappa shape index (κ3) is 8.28. The Kier molecular flexibility index (Phi) is 8.89. The van der Waals surface area contributed by atoms with Crippen LogP contribution >= 0.6 is 11.8 Å². The molecule has 0 aliphatic rings. The molecular formula is C25H25N3O3S. The molecule has 0 bridgehead atoms. The number of carbonyl (C=O) groups excluding carboxylic acids is 2. The van der Waals surface area contributed by atoms with E-state index in [4.69, 9.17) is 4.74 Å². The van der Waals surface area contributed by atoms with Crippen molar-refractivity contribution in [3.63, 3.8) is 0 Å². The van der Waals surface area contributed by atoms with Crippen LogP contribution in [0.15, 0.2) is 84.0 Å². The maximum atomic E-state index is 12.0. The number of carbonyl (C=O) groups is 2. The van der Waals surface area contributed by atoms with Gasteiger partial charge in [0, 0.05) is 11.4 Å². The summed E-state index contributed by atoms with van der Waals surface area (Å²) in [6.07, 6.45) is 1.56. The van der Waals surface area contributed by atoms with Crippen molar-refractivity contribution in [3.05, 3.63) is 95.6 Å². The van der Waals surface area contributed by atoms with Crippen LogP contribution in [0.2, 0.25) is 0 Å². The van der Waals surface area contributed by atoms with Crippen molar-refractivity contribution < 1.29 is 14.3 Å². The van der Waals surface area contributed by atoms with Crippen molar-refractivity contribution in [2.75, 3.05) is 17.7 Å². The maximum absolute atomic E-state index is 12.0. The fraction of sp³-hybridized carbons (Fsp3) is 0.160. The monoisotopic (exact) mass is 447 g/mol. The van der Waals surface area contributed by atoms with Gasteiger partial charge in [-0.3, -0.25) is 9.59 Å². The first-order valence-corrected chi connectivity index (χ1v) is 11.3. The molecule has 0 spiro atoms. The lowest BCUT2D eigenvalue weighted by Crippen LogP contribution is -2.20. The first-order chi connectivity index (χ1) is 15.6. The van der Waals surface area contributed by atoms with E-state index in [9.17, 15) is 9.59 Å². The van der Waals surface area contributed by atoms with E-state index in [1.165, 1.54) is 17.3 Å². The molecule has 0 aliphatic carbocycles. The molecule has 3 rings (SSSR count). The second kappa shape index (κ2) is 12.3. The third-order valence-corrected chi connectivity index (χ3v) is 5.34. The standard InChI is InChI=1S/C25H25N3O3S/c1-19-7-11-22(12-8-19)27-24(29)16-31-23-13-9-20(10-14-23)15-26-28-25(30)18-32-17-21-5-3-2-4-6-21/h2-15H,16-18H2,1H3,(H,27,29)(H,28,30). The third-order valence-electron chi connectivity index (χ3n) is 4.33. The maximum Gasteiger partial charge on any atom is 0.262 e. The van der Waals surface area contributed by atoms with Crippen molar-refractivity contribution >= 4 is 35.5 Å². The molecule has 6 nitrogen and oxygen atoms in total. The molecular weight excluding hydrogens is 422 g/mol. The number of nitrogens with one attached hydrogen (secondary N) is 2. The van der Waals surface area contributed by atoms with Gasteiger partial charge >= 0.3 is 0 Å². The summed E-state index contributed by atoms with van der Waals surface area (Å²) in [5.74, 6) is 1.31. The molecule has 3 aromatic carbocycles. The number of hydrogen-bond donors (Lipinski definition) is 2. The zero-order chi connectivity index (χ0) is 22.6. The van der Waals surface area contributed by atoms with Crippen molar-refractivity contribution in [2.45, 2.75) is 12.7 Å². The molecule has 0 saturated carbocycles. The van der Waals surface area contributed by atoms with Gasteiger partial charge in [-0.1, -0.05) is 48.0 Å². The van der Waals surface area contributed by atoms with Crippen LogP contribution in [-0.2, 0) is 15.3 Å². The van der Waals surface area contributed by atoms with E-state index in [0.29, 0.717) is 11.5 Å². The van der Waals surface area contributed by atoms with Crippen LogP contribution in [0.3, 0.4) is 0 Å². The van der Waals surface area contributed by atoms with Crippen LogP contribution in [0.5, 0.6) is 5.75 Å². The molecule has 0 unspecified atom stereocenters. The number of aryl methyl sites for hydroxylation is 1. The SMILES string of the molecule is Cc1ccc(NC(=O)COc2ccc(C=NNC(=O)CSCc3ccccc3)cc2)cc1. The first-order valence-electron chi connectivity index (χ1n) is 10.1. The summed E-state index contributed by atoms with van der Waals surface area (Å²) in [6, 6.07) is 24.7. The van der Waals surface area contributed by atoms with Gasteiger partial charge in [0.05, 0.1) is 12.0 Å². The lowest BCUT2D eigenvalue weighted by molar-refractivity contribution is -0.119. The molecule has 0 atom stereocenters. The van der Waals surface area contributed by atoms with Gasteiger partial charge in [0.25, 0.3) is 5.91 Å². The second-order valence-corrected chi connectivity index (χ2v) is 8.03. The quantitative estimate of drug-likeness (QED) is 0.357. The van der Waals surface area contributed by atoms with E-state index in [-0.39, 0.29) is 18.4 Å². The molecule has 2 amide bonds. The molecule has 3 aromatic rings. The van der Waals surface area contributed by atoms with Gasteiger partial charge in [-0.05, 0) is 54.4 Å². The molecule has 0 heterocycles. The number of ether oxygens (including phenoxy) is 1. The predicted octanol–water partition coefficient (Wildman–Crippen LogP) is 4.40. The largest absolute Gasteiger partial charge is 0.484 e. The van der Waals surface area contributed by atoms with Crippen LogP contribution in [-0.4, -0.2) is 30.4 Å². The molecule has 0 radical (unpaired) electrons. The van der Waals surface area contributed by atoms with Crippen LogP contribution in [0, 0.1) is 6.92 Å². The number of nitrogens with zero attached hydrogens (tertiary/aromatic N) is 1. The van der Waals surface area contributed by atoms with Gasteiger partial charge in [-0.25, -0.2) is 5.43 Å². The summed E-state index contributed by atoms with van der Waals surface area (Å²) in [7, 11) is 0. The van der Waals surface area contributed by atoms with E-state index in [1.807, 2.05) is 61.5 Å². The van der Waals surface area contributed by atoms with Crippen molar-refractivity contribution in [2.24, 2.45) is 5.10 Å². The highest BCUT2D eigenvalue weighted by atomic mass is 32.2. The first kappa shape index (κ1) is 23.1. The number of benzene rings is 3. The number of hydrazone groups is 1. The molecule has 0 aliphatic heterocycles. The number of thioether (sulfide) groups is 1. The Morgan fingerprint density at radius 3 is 2.38 bits per heavy atom. The normalized spacial score (nSPS) is 10.7. The van der Waals surface area contributed by atoms with Gasteiger partial charge in [0.1, 0.15) is 5.75 Å². The van der Waals surface area contributed by atoms with E-state index in [0.717, 1.165) is 22.6 Å². The Hall–Kier alpha value is -3.58. The lowest BCUT2D eigenvalue weighted by atomic mass is 10.2. The fourth-order valence-electron chi connectivity index (χ4n) is 2.68. The summed E-state index contributed by atoms with van der Waals surface area (Å²) in [5, 5.41) is 6.77. The molecule has 7 heteroatoms. The minimum absolute atomic E-state index is 0.0853. The van der Waals surface area contributed by atoms with E-state index < -0.39 is 0 Å². The average Bonchev–Trinajstić information content (AvgIpc) is 2.81. The smallest absolute Gasteiger partial charge is 0.262 e. The summed E-state index contributed by atoms with van der Waals surface area (Å²) < 4.78 is 5.51. The Bertz CT molecular complexity index is 1040. The van der Waals surface area contributed by atoms with Crippen LogP contribution in [0.1, 0.15) is 16.7 Å². The van der Waals surface area contributed by atoms with E-state index in [1.54, 1.807) is 30.5 Å². The number of hydrogen-bond acceptors (Lipinski definition) is 5. The molecule has 0 aromatic heterocycles. The Labute approximate surface area is 192 Å². The average molecular weight is 448 g/mol. The molecule has 2 N–H and O–H groups in total. The number of anilines is 1. The Morgan fingerprint density at radius 2 is 1.66 bits per heavy atom. The Balaban J connectivity index is 1.35. The van der Waals surface area contributed by atoms with E-state index >= 15 is 0 Å². The summed E-state index contributed by atoms with van der Waals surface area (Å²) in [4.78, 5) is 23.9. The zero-order valence-electron chi connectivity index (χ0n) is 17.8. The van der Waals surface area contributed by atoms with Crippen molar-refractivity contribution in [1.29, 1.82) is 0 Å². The summed E-state index contributed by atoms with van der Waals surface area (Å²) in [5.41, 5.74) is 6.37. The zero-order valence-corrected chi connectivity index (χ0v) is 18.6. The highest BCUT2D eigenvalue weighted by molar-refractivity contribution is 7.99. The van der Waals surface area contributed by atoms with Crippen molar-refractivity contribution in [3.8, 4) is 5.75 Å². The minimum atomic E-state index is -0.229. The number of amides is 2. The topological polar surface area (TPSA) is 79.8 Å². The number of rotatable bonds is 10. The van der Waals surface area contributed by atoms with Crippen LogP contribution in [0.25, 0.3) is 0 Å². The predicted molar refractivity (Wildman–Crippen MR) is 130 cm³/mol. The lowest BCUT2D eigenvalue weighted by Gasteiger charge is -2.08. The highest BCUT2D eigenvalue weighted by Crippen LogP contribution is 2.13. The summed E-state index contributed by atoms with van der Waals surface area (Å²) in [6.45, 7) is 1.90. The van der Waals surface area contributed by atoms with Gasteiger partial charge in [-0.2, -0.15) is 5.10 Å². The molecule has 164 valence electrons. The van der Waals surface area contributed by atoms with Gasteiger partial charge in [0.2, 0.25) is 5.91 Å². The van der Waals surface area contributed by atoms with Gasteiger partial charge in [-0.15, -0.1) is 11.8 Å². The second-order valence-electron chi connectivity index (χ2n) is 7.04. The van der Waals surface area contributed by atoms with E-state index in [2.05, 4.69) is 15.8 Å². The van der Waals surface area contributed by atoms with Crippen LogP contribution in [0.4, 0.5) is 5.69 Å². The fourth-order valence-corrected chi connectivity index (χ4v) is 3.46. The molecule has 0 saturated heterocycles. The highest BCUT2D eigenvalue weighted by Gasteiger charge is 2.04. The minimum Gasteiger partial charge on any atom is -0.484 e. The molecule has 32 heavy (non-hydrogen) atoms. The van der Waals surface area contributed by atoms with Crippen molar-refractivity contribution in [1.82, 2.24) is 5.43 Å². The van der Waals surface area contributed by atoms with Crippen LogP contribution < -0.4 is 15.5 Å². The Morgan fingerprint density at radius 1 is 0.938 bits per heavy atom.